The van der Waals surface area contributed by atoms with Gasteiger partial charge in [-0.3, -0.25) is 4.79 Å². The van der Waals surface area contributed by atoms with Crippen LogP contribution in [0.2, 0.25) is 10.0 Å². The van der Waals surface area contributed by atoms with Crippen molar-refractivity contribution < 1.29 is 4.79 Å². The van der Waals surface area contributed by atoms with E-state index in [0.29, 0.717) is 25.9 Å². The molecule has 0 aliphatic rings. The second-order valence-corrected chi connectivity index (χ2v) is 8.14. The van der Waals surface area contributed by atoms with E-state index in [2.05, 4.69) is 36.8 Å². The molecule has 0 saturated carbocycles. The van der Waals surface area contributed by atoms with E-state index < -0.39 is 0 Å². The van der Waals surface area contributed by atoms with E-state index in [9.17, 15) is 4.79 Å². The van der Waals surface area contributed by atoms with Crippen molar-refractivity contribution in [3.05, 3.63) is 53.1 Å². The zero-order valence-electron chi connectivity index (χ0n) is 9.64. The first kappa shape index (κ1) is 14.6. The topological polar surface area (TPSA) is 32.9 Å². The lowest BCUT2D eigenvalue weighted by Crippen LogP contribution is -1.97. The second-order valence-electron chi connectivity index (χ2n) is 4.07. The molecule has 0 aliphatic carbocycles. The summed E-state index contributed by atoms with van der Waals surface area (Å²) in [7, 11) is 0. The van der Waals surface area contributed by atoms with E-state index in [1.165, 1.54) is 11.3 Å². The minimum Gasteiger partial charge on any atom is -0.360 e. The monoisotopic (exact) mass is 451 g/mol. The summed E-state index contributed by atoms with van der Waals surface area (Å²) < 4.78 is 1.75. The van der Waals surface area contributed by atoms with Gasteiger partial charge in [0.1, 0.15) is 0 Å². The lowest BCUT2D eigenvalue weighted by Gasteiger charge is -1.99. The third-order valence-corrected chi connectivity index (χ3v) is 6.58. The van der Waals surface area contributed by atoms with Crippen molar-refractivity contribution in [2.75, 3.05) is 0 Å². The lowest BCUT2D eigenvalue weighted by atomic mass is 10.1. The minimum absolute atomic E-state index is 0.0723. The van der Waals surface area contributed by atoms with E-state index >= 15 is 0 Å². The number of thiophene rings is 1. The molecule has 0 saturated heterocycles. The van der Waals surface area contributed by atoms with E-state index in [4.69, 9.17) is 23.2 Å². The Kier molecular flexibility index (Phi) is 3.99. The number of carbonyl (C=O) groups is 1. The molecule has 0 aliphatic heterocycles. The number of fused-ring (bicyclic) bond motifs is 1. The molecule has 1 aromatic carbocycles. The molecule has 2 heterocycles. The Labute approximate surface area is 145 Å². The number of nitrogens with one attached hydrogen (secondary N) is 1. The van der Waals surface area contributed by atoms with Crippen LogP contribution in [0.1, 0.15) is 15.2 Å². The molecule has 0 amide bonds. The highest BCUT2D eigenvalue weighted by Gasteiger charge is 2.19. The molecule has 2 aromatic heterocycles. The second kappa shape index (κ2) is 5.46. The highest BCUT2D eigenvalue weighted by Crippen LogP contribution is 2.36. The first-order valence-corrected chi connectivity index (χ1v) is 8.59. The fourth-order valence-electron chi connectivity index (χ4n) is 1.95. The number of H-pyrrole nitrogens is 1. The van der Waals surface area contributed by atoms with Crippen LogP contribution < -0.4 is 0 Å². The maximum atomic E-state index is 12.6. The Bertz CT molecular complexity index is 821. The van der Waals surface area contributed by atoms with Gasteiger partial charge in [0.2, 0.25) is 5.78 Å². The van der Waals surface area contributed by atoms with Gasteiger partial charge in [-0.25, -0.2) is 0 Å². The van der Waals surface area contributed by atoms with E-state index in [0.717, 1.165) is 13.8 Å². The Morgan fingerprint density at radius 3 is 2.60 bits per heavy atom. The summed E-state index contributed by atoms with van der Waals surface area (Å²) in [4.78, 5) is 16.2. The summed E-state index contributed by atoms with van der Waals surface area (Å²) in [6.45, 7) is 0. The van der Waals surface area contributed by atoms with Gasteiger partial charge >= 0.3 is 0 Å². The molecule has 7 heteroatoms. The maximum absolute atomic E-state index is 12.6. The molecule has 0 radical (unpaired) electrons. The average molecular weight is 454 g/mol. The van der Waals surface area contributed by atoms with Crippen LogP contribution in [-0.4, -0.2) is 10.8 Å². The van der Waals surface area contributed by atoms with Crippen molar-refractivity contribution in [3.8, 4) is 0 Å². The number of ketones is 1. The zero-order valence-corrected chi connectivity index (χ0v) is 15.1. The van der Waals surface area contributed by atoms with E-state index in [1.54, 1.807) is 24.4 Å². The Hall–Kier alpha value is -0.330. The molecule has 102 valence electrons. The molecule has 0 unspecified atom stereocenters. The number of hydrogen-bond acceptors (Lipinski definition) is 2. The Morgan fingerprint density at radius 2 is 1.95 bits per heavy atom. The summed E-state index contributed by atoms with van der Waals surface area (Å²) >= 11 is 20.3. The van der Waals surface area contributed by atoms with Gasteiger partial charge in [-0.1, -0.05) is 23.2 Å². The largest absolute Gasteiger partial charge is 0.360 e. The van der Waals surface area contributed by atoms with Crippen molar-refractivity contribution in [1.82, 2.24) is 4.98 Å². The van der Waals surface area contributed by atoms with Gasteiger partial charge in [0.05, 0.1) is 19.2 Å². The molecule has 0 fully saturated rings. The SMILES string of the molecule is O=C(c1cc(Br)c(Br)s1)c1c[nH]c2cc(Cl)cc(Cl)c12. The van der Waals surface area contributed by atoms with Crippen LogP contribution in [0.3, 0.4) is 0 Å². The highest BCUT2D eigenvalue weighted by atomic mass is 79.9. The molecular formula is C13H5Br2Cl2NOS. The van der Waals surface area contributed by atoms with Crippen molar-refractivity contribution in [3.63, 3.8) is 0 Å². The van der Waals surface area contributed by atoms with E-state index in [-0.39, 0.29) is 5.78 Å². The average Bonchev–Trinajstić information content (AvgIpc) is 2.93. The third-order valence-electron chi connectivity index (χ3n) is 2.81. The van der Waals surface area contributed by atoms with Crippen molar-refractivity contribution in [1.29, 1.82) is 0 Å². The third kappa shape index (κ3) is 2.46. The predicted octanol–water partition coefficient (Wildman–Crippen LogP) is 6.29. The number of hydrogen-bond donors (Lipinski definition) is 1. The van der Waals surface area contributed by atoms with Crippen LogP contribution in [0.25, 0.3) is 10.9 Å². The van der Waals surface area contributed by atoms with Gasteiger partial charge in [-0.15, -0.1) is 11.3 Å². The van der Waals surface area contributed by atoms with Crippen LogP contribution in [0.15, 0.2) is 32.7 Å². The van der Waals surface area contributed by atoms with Crippen molar-refractivity contribution in [2.24, 2.45) is 0 Å². The van der Waals surface area contributed by atoms with Crippen LogP contribution in [0.5, 0.6) is 0 Å². The fraction of sp³-hybridized carbons (Fsp3) is 0. The number of aromatic nitrogens is 1. The first-order valence-electron chi connectivity index (χ1n) is 5.43. The first-order chi connectivity index (χ1) is 9.47. The lowest BCUT2D eigenvalue weighted by molar-refractivity contribution is 0.104. The molecule has 3 rings (SSSR count). The highest BCUT2D eigenvalue weighted by molar-refractivity contribution is 9.13. The quantitative estimate of drug-likeness (QED) is 0.454. The fourth-order valence-corrected chi connectivity index (χ4v) is 4.54. The molecule has 1 N–H and O–H groups in total. The van der Waals surface area contributed by atoms with Crippen LogP contribution >= 0.6 is 66.4 Å². The standard InChI is InChI=1S/C13H5Br2Cl2NOS/c14-7-3-10(20-13(7)15)12(19)6-4-18-9-2-5(16)1-8(17)11(6)9/h1-4,18H. The smallest absolute Gasteiger partial charge is 0.205 e. The number of aromatic amines is 1. The van der Waals surface area contributed by atoms with E-state index in [1.807, 2.05) is 0 Å². The van der Waals surface area contributed by atoms with Crippen LogP contribution in [0.4, 0.5) is 0 Å². The zero-order chi connectivity index (χ0) is 14.4. The summed E-state index contributed by atoms with van der Waals surface area (Å²) in [5, 5.41) is 1.69. The Morgan fingerprint density at radius 1 is 1.20 bits per heavy atom. The van der Waals surface area contributed by atoms with Crippen LogP contribution in [0, 0.1) is 0 Å². The summed E-state index contributed by atoms with van der Waals surface area (Å²) in [6, 6.07) is 5.18. The molecule has 20 heavy (non-hydrogen) atoms. The molecule has 2 nitrogen and oxygen atoms in total. The number of carbonyl (C=O) groups excluding carboxylic acids is 1. The van der Waals surface area contributed by atoms with Crippen molar-refractivity contribution in [2.45, 2.75) is 0 Å². The van der Waals surface area contributed by atoms with Gasteiger partial charge in [-0.05, 0) is 50.1 Å². The van der Waals surface area contributed by atoms with Gasteiger partial charge in [0.25, 0.3) is 0 Å². The van der Waals surface area contributed by atoms with Gasteiger partial charge in [-0.2, -0.15) is 0 Å². The van der Waals surface area contributed by atoms with Crippen molar-refractivity contribution >= 4 is 83.1 Å². The summed E-state index contributed by atoms with van der Waals surface area (Å²) in [5.74, 6) is -0.0723. The number of rotatable bonds is 2. The molecule has 3 aromatic rings. The number of halogens is 4. The molecular weight excluding hydrogens is 449 g/mol. The number of benzene rings is 1. The predicted molar refractivity (Wildman–Crippen MR) is 91.5 cm³/mol. The molecule has 0 spiro atoms. The minimum atomic E-state index is -0.0723. The van der Waals surface area contributed by atoms with Gasteiger partial charge in [0, 0.05) is 26.6 Å². The normalized spacial score (nSPS) is 11.2. The maximum Gasteiger partial charge on any atom is 0.205 e. The molecule has 0 bridgehead atoms. The Balaban J connectivity index is 2.17. The summed E-state index contributed by atoms with van der Waals surface area (Å²) in [6.07, 6.45) is 1.66. The summed E-state index contributed by atoms with van der Waals surface area (Å²) in [5.41, 5.74) is 1.29. The molecule has 0 atom stereocenters. The van der Waals surface area contributed by atoms with Gasteiger partial charge < -0.3 is 4.98 Å². The van der Waals surface area contributed by atoms with Gasteiger partial charge in [0.15, 0.2) is 0 Å². The van der Waals surface area contributed by atoms with Crippen LogP contribution in [-0.2, 0) is 0 Å².